The van der Waals surface area contributed by atoms with Crippen molar-refractivity contribution < 1.29 is 0 Å². The number of anilines is 1. The number of hydrogen-bond acceptors (Lipinski definition) is 5. The Morgan fingerprint density at radius 3 is 2.78 bits per heavy atom. The summed E-state index contributed by atoms with van der Waals surface area (Å²) in [5, 5.41) is 0.759. The van der Waals surface area contributed by atoms with Crippen molar-refractivity contribution in [2.24, 2.45) is 5.84 Å². The third kappa shape index (κ3) is 3.29. The van der Waals surface area contributed by atoms with Gasteiger partial charge in [-0.1, -0.05) is 35.6 Å². The minimum atomic E-state index is 0.759. The maximum absolute atomic E-state index is 5.32. The van der Waals surface area contributed by atoms with Crippen LogP contribution in [0, 0.1) is 6.92 Å². The molecule has 5 heteroatoms. The molecule has 0 bridgehead atoms. The number of thiazole rings is 1. The first-order valence-corrected chi connectivity index (χ1v) is 6.65. The number of hydrogen-bond donors (Lipinski definition) is 2. The maximum Gasteiger partial charge on any atom is 0.197 e. The number of nitrogens with zero attached hydrogens (tertiary/aromatic N) is 2. The van der Waals surface area contributed by atoms with E-state index in [-0.39, 0.29) is 0 Å². The first-order valence-electron chi connectivity index (χ1n) is 5.83. The van der Waals surface area contributed by atoms with Crippen molar-refractivity contribution in [3.05, 3.63) is 46.5 Å². The Morgan fingerprint density at radius 2 is 2.11 bits per heavy atom. The Labute approximate surface area is 111 Å². The zero-order valence-corrected chi connectivity index (χ0v) is 11.5. The summed E-state index contributed by atoms with van der Waals surface area (Å²) in [7, 11) is 2.11. The van der Waals surface area contributed by atoms with Crippen LogP contribution in [-0.2, 0) is 13.1 Å². The maximum atomic E-state index is 5.32. The van der Waals surface area contributed by atoms with Gasteiger partial charge in [-0.25, -0.2) is 10.8 Å². The molecule has 1 aromatic carbocycles. The average molecular weight is 262 g/mol. The molecule has 2 aromatic rings. The summed E-state index contributed by atoms with van der Waals surface area (Å²) in [6, 6.07) is 8.47. The topological polar surface area (TPSA) is 54.2 Å². The van der Waals surface area contributed by atoms with Gasteiger partial charge in [0, 0.05) is 24.2 Å². The van der Waals surface area contributed by atoms with Crippen LogP contribution in [0.4, 0.5) is 5.13 Å². The van der Waals surface area contributed by atoms with E-state index in [4.69, 9.17) is 5.84 Å². The fourth-order valence-corrected chi connectivity index (χ4v) is 2.65. The van der Waals surface area contributed by atoms with Gasteiger partial charge in [0.25, 0.3) is 0 Å². The van der Waals surface area contributed by atoms with Crippen molar-refractivity contribution in [2.75, 3.05) is 12.5 Å². The Balaban J connectivity index is 1.96. The van der Waals surface area contributed by atoms with E-state index < -0.39 is 0 Å². The summed E-state index contributed by atoms with van der Waals surface area (Å²) in [5.41, 5.74) is 5.26. The minimum Gasteiger partial charge on any atom is -0.300 e. The predicted octanol–water partition coefficient (Wildman–Crippen LogP) is 2.37. The van der Waals surface area contributed by atoms with Crippen LogP contribution >= 0.6 is 11.3 Å². The molecule has 1 aromatic heterocycles. The van der Waals surface area contributed by atoms with Gasteiger partial charge in [0.2, 0.25) is 0 Å². The van der Waals surface area contributed by atoms with Gasteiger partial charge in [0.05, 0.1) is 0 Å². The highest BCUT2D eigenvalue weighted by Gasteiger charge is 2.06. The molecule has 1 heterocycles. The van der Waals surface area contributed by atoms with E-state index in [1.807, 2.05) is 6.20 Å². The Kier molecular flexibility index (Phi) is 4.30. The van der Waals surface area contributed by atoms with E-state index in [1.54, 1.807) is 11.3 Å². The number of nitrogen functional groups attached to an aromatic ring is 1. The molecule has 0 amide bonds. The van der Waals surface area contributed by atoms with Gasteiger partial charge >= 0.3 is 0 Å². The number of hydrazine groups is 1. The van der Waals surface area contributed by atoms with Crippen molar-refractivity contribution in [1.82, 2.24) is 9.88 Å². The van der Waals surface area contributed by atoms with Crippen molar-refractivity contribution >= 4 is 16.5 Å². The standard InChI is InChI=1S/C13H18N4S/c1-10-5-3-4-6-11(10)8-17(2)9-12-7-15-13(16-14)18-12/h3-7H,8-9,14H2,1-2H3,(H,15,16). The molecule has 0 unspecified atom stereocenters. The van der Waals surface area contributed by atoms with E-state index in [0.717, 1.165) is 18.2 Å². The van der Waals surface area contributed by atoms with Gasteiger partial charge in [-0.2, -0.15) is 0 Å². The third-order valence-electron chi connectivity index (χ3n) is 2.80. The first kappa shape index (κ1) is 13.0. The van der Waals surface area contributed by atoms with E-state index in [9.17, 15) is 0 Å². The molecule has 18 heavy (non-hydrogen) atoms. The Morgan fingerprint density at radius 1 is 1.33 bits per heavy atom. The van der Waals surface area contributed by atoms with Gasteiger partial charge in [-0.05, 0) is 25.1 Å². The molecule has 0 saturated heterocycles. The van der Waals surface area contributed by atoms with Crippen LogP contribution in [-0.4, -0.2) is 16.9 Å². The second kappa shape index (κ2) is 5.95. The van der Waals surface area contributed by atoms with Crippen LogP contribution in [0.15, 0.2) is 30.5 Å². The molecule has 0 saturated carbocycles. The van der Waals surface area contributed by atoms with E-state index in [1.165, 1.54) is 16.0 Å². The highest BCUT2D eigenvalue weighted by Crippen LogP contribution is 2.19. The molecule has 0 spiro atoms. The van der Waals surface area contributed by atoms with Crippen molar-refractivity contribution in [3.8, 4) is 0 Å². The van der Waals surface area contributed by atoms with Gasteiger partial charge < -0.3 is 0 Å². The SMILES string of the molecule is Cc1ccccc1CN(C)Cc1cnc(NN)s1. The highest BCUT2D eigenvalue weighted by atomic mass is 32.1. The minimum absolute atomic E-state index is 0.759. The van der Waals surface area contributed by atoms with Crippen molar-refractivity contribution in [1.29, 1.82) is 0 Å². The van der Waals surface area contributed by atoms with Crippen LogP contribution in [0.25, 0.3) is 0 Å². The molecule has 0 fully saturated rings. The predicted molar refractivity (Wildman–Crippen MR) is 76.3 cm³/mol. The van der Waals surface area contributed by atoms with Gasteiger partial charge in [0.1, 0.15) is 0 Å². The molecule has 3 N–H and O–H groups in total. The molecule has 0 atom stereocenters. The number of aromatic nitrogens is 1. The molecule has 0 aliphatic heterocycles. The summed E-state index contributed by atoms with van der Waals surface area (Å²) >= 11 is 1.59. The molecule has 0 aliphatic carbocycles. The van der Waals surface area contributed by atoms with E-state index in [0.29, 0.717) is 0 Å². The summed E-state index contributed by atoms with van der Waals surface area (Å²) in [6.07, 6.45) is 1.87. The lowest BCUT2D eigenvalue weighted by Gasteiger charge is -2.16. The van der Waals surface area contributed by atoms with Gasteiger partial charge in [-0.15, -0.1) is 0 Å². The van der Waals surface area contributed by atoms with Crippen molar-refractivity contribution in [3.63, 3.8) is 0 Å². The third-order valence-corrected chi connectivity index (χ3v) is 3.72. The molecule has 4 nitrogen and oxygen atoms in total. The second-order valence-electron chi connectivity index (χ2n) is 4.37. The largest absolute Gasteiger partial charge is 0.300 e. The fourth-order valence-electron chi connectivity index (χ4n) is 1.85. The average Bonchev–Trinajstić information content (AvgIpc) is 2.80. The Bertz CT molecular complexity index is 509. The van der Waals surface area contributed by atoms with Crippen LogP contribution in [0.2, 0.25) is 0 Å². The van der Waals surface area contributed by atoms with Crippen LogP contribution < -0.4 is 11.3 Å². The van der Waals surface area contributed by atoms with Gasteiger partial charge in [-0.3, -0.25) is 10.3 Å². The number of nitrogens with one attached hydrogen (secondary N) is 1. The first-order chi connectivity index (χ1) is 8.69. The normalized spacial score (nSPS) is 10.9. The molecule has 0 aliphatic rings. The number of aryl methyl sites for hydroxylation is 1. The molecule has 96 valence electrons. The lowest BCUT2D eigenvalue weighted by molar-refractivity contribution is 0.321. The van der Waals surface area contributed by atoms with Gasteiger partial charge in [0.15, 0.2) is 5.13 Å². The van der Waals surface area contributed by atoms with E-state index >= 15 is 0 Å². The number of rotatable bonds is 5. The molecular weight excluding hydrogens is 244 g/mol. The summed E-state index contributed by atoms with van der Waals surface area (Å²) in [6.45, 7) is 3.97. The number of nitrogens with two attached hydrogens (primary N) is 1. The Hall–Kier alpha value is -1.43. The summed E-state index contributed by atoms with van der Waals surface area (Å²) in [5.74, 6) is 5.32. The molecular formula is C13H18N4S. The smallest absolute Gasteiger partial charge is 0.197 e. The van der Waals surface area contributed by atoms with Crippen molar-refractivity contribution in [2.45, 2.75) is 20.0 Å². The molecule has 0 radical (unpaired) electrons. The van der Waals surface area contributed by atoms with E-state index in [2.05, 4.69) is 53.5 Å². The summed E-state index contributed by atoms with van der Waals surface area (Å²) < 4.78 is 0. The fraction of sp³-hybridized carbons (Fsp3) is 0.308. The van der Waals surface area contributed by atoms with Crippen LogP contribution in [0.1, 0.15) is 16.0 Å². The zero-order valence-electron chi connectivity index (χ0n) is 10.7. The monoisotopic (exact) mass is 262 g/mol. The number of benzene rings is 1. The van der Waals surface area contributed by atoms with Crippen LogP contribution in [0.5, 0.6) is 0 Å². The van der Waals surface area contributed by atoms with Crippen LogP contribution in [0.3, 0.4) is 0 Å². The molecule has 2 rings (SSSR count). The summed E-state index contributed by atoms with van der Waals surface area (Å²) in [4.78, 5) is 7.65. The lowest BCUT2D eigenvalue weighted by atomic mass is 10.1. The highest BCUT2D eigenvalue weighted by molar-refractivity contribution is 7.15. The zero-order chi connectivity index (χ0) is 13.0. The quantitative estimate of drug-likeness (QED) is 0.641. The lowest BCUT2D eigenvalue weighted by Crippen LogP contribution is -2.17. The second-order valence-corrected chi connectivity index (χ2v) is 5.49.